The predicted octanol–water partition coefficient (Wildman–Crippen LogP) is 3.10. The van der Waals surface area contributed by atoms with Crippen LogP contribution in [0.2, 0.25) is 0 Å². The zero-order chi connectivity index (χ0) is 22.5. The summed E-state index contributed by atoms with van der Waals surface area (Å²) in [6, 6.07) is 17.1. The number of aromatic hydroxyl groups is 1. The number of amides is 1. The molecule has 0 saturated carbocycles. The number of piperazine rings is 1. The second-order valence-electron chi connectivity index (χ2n) is 8.77. The number of aromatic nitrogens is 2. The van der Waals surface area contributed by atoms with Crippen molar-refractivity contribution >= 4 is 11.7 Å². The van der Waals surface area contributed by atoms with Crippen LogP contribution in [0.5, 0.6) is 6.01 Å². The molecule has 0 unspecified atom stereocenters. The first-order valence-corrected chi connectivity index (χ1v) is 11.3. The monoisotopic (exact) mass is 439 g/mol. The number of fused-ring (bicyclic) bond motifs is 4. The summed E-state index contributed by atoms with van der Waals surface area (Å²) >= 11 is 0. The van der Waals surface area contributed by atoms with Gasteiger partial charge in [0.15, 0.2) is 0 Å². The van der Waals surface area contributed by atoms with Crippen LogP contribution in [0.1, 0.15) is 28.4 Å². The summed E-state index contributed by atoms with van der Waals surface area (Å²) in [7, 11) is 0. The highest BCUT2D eigenvalue weighted by Crippen LogP contribution is 2.48. The number of carbonyl (C=O) groups is 1. The van der Waals surface area contributed by atoms with Gasteiger partial charge in [0.25, 0.3) is 0 Å². The number of rotatable bonds is 3. The fourth-order valence-electron chi connectivity index (χ4n) is 5.48. The number of hydrogen-bond acceptors (Lipinski definition) is 6. The van der Waals surface area contributed by atoms with Gasteiger partial charge in [-0.05, 0) is 28.3 Å². The van der Waals surface area contributed by atoms with E-state index >= 15 is 0 Å². The van der Waals surface area contributed by atoms with E-state index < -0.39 is 0 Å². The summed E-state index contributed by atoms with van der Waals surface area (Å²) in [5.41, 5.74) is 7.13. The molecule has 7 nitrogen and oxygen atoms in total. The van der Waals surface area contributed by atoms with Gasteiger partial charge >= 0.3 is 6.01 Å². The van der Waals surface area contributed by atoms with Crippen LogP contribution in [0.3, 0.4) is 0 Å². The third-order valence-electron chi connectivity index (χ3n) is 7.00. The molecule has 2 aliphatic heterocycles. The summed E-state index contributed by atoms with van der Waals surface area (Å²) in [6.45, 7) is 7.50. The Morgan fingerprint density at radius 3 is 2.21 bits per heavy atom. The van der Waals surface area contributed by atoms with Gasteiger partial charge in [0.2, 0.25) is 5.91 Å². The second kappa shape index (κ2) is 7.71. The lowest BCUT2D eigenvalue weighted by Gasteiger charge is -2.35. The maximum atomic E-state index is 12.0. The predicted molar refractivity (Wildman–Crippen MR) is 126 cm³/mol. The molecule has 1 N–H and O–H groups in total. The van der Waals surface area contributed by atoms with Crippen LogP contribution in [0, 0.1) is 0 Å². The molecule has 1 amide bonds. The smallest absolute Gasteiger partial charge is 0.316 e. The third kappa shape index (κ3) is 3.19. The van der Waals surface area contributed by atoms with Crippen molar-refractivity contribution in [3.8, 4) is 17.1 Å². The number of carbonyl (C=O) groups excluding carboxylic acids is 1. The number of nitrogens with zero attached hydrogens (tertiary/aromatic N) is 5. The molecule has 0 atom stereocenters. The Kier molecular flexibility index (Phi) is 4.66. The van der Waals surface area contributed by atoms with Crippen LogP contribution in [0.15, 0.2) is 61.2 Å². The zero-order valence-electron chi connectivity index (χ0n) is 18.3. The largest absolute Gasteiger partial charge is 0.479 e. The minimum absolute atomic E-state index is 0.0462. The van der Waals surface area contributed by atoms with Crippen LogP contribution in [0.4, 0.5) is 5.82 Å². The quantitative estimate of drug-likeness (QED) is 0.633. The highest BCUT2D eigenvalue weighted by Gasteiger charge is 2.38. The Morgan fingerprint density at radius 1 is 0.939 bits per heavy atom. The van der Waals surface area contributed by atoms with Crippen molar-refractivity contribution in [2.75, 3.05) is 31.1 Å². The van der Waals surface area contributed by atoms with Crippen molar-refractivity contribution in [2.24, 2.45) is 0 Å². The minimum Gasteiger partial charge on any atom is -0.479 e. The van der Waals surface area contributed by atoms with E-state index in [0.717, 1.165) is 17.1 Å². The van der Waals surface area contributed by atoms with Crippen molar-refractivity contribution in [1.82, 2.24) is 19.8 Å². The van der Waals surface area contributed by atoms with E-state index in [1.54, 1.807) is 4.90 Å². The Labute approximate surface area is 192 Å². The number of hydrogen-bond donors (Lipinski definition) is 1. The van der Waals surface area contributed by atoms with Gasteiger partial charge in [0.05, 0.1) is 11.7 Å². The maximum absolute atomic E-state index is 12.0. The van der Waals surface area contributed by atoms with E-state index in [9.17, 15) is 9.90 Å². The molecule has 1 fully saturated rings. The lowest BCUT2D eigenvalue weighted by atomic mass is 10.0. The molecule has 7 heteroatoms. The molecule has 0 spiro atoms. The molecule has 3 heterocycles. The van der Waals surface area contributed by atoms with Crippen molar-refractivity contribution in [3.63, 3.8) is 0 Å². The highest BCUT2D eigenvalue weighted by molar-refractivity contribution is 5.87. The summed E-state index contributed by atoms with van der Waals surface area (Å²) in [6.07, 6.45) is 1.36. The average Bonchev–Trinajstić information content (AvgIpc) is 3.42. The summed E-state index contributed by atoms with van der Waals surface area (Å²) in [5, 5.41) is 10.3. The topological polar surface area (TPSA) is 72.8 Å². The summed E-state index contributed by atoms with van der Waals surface area (Å²) < 4.78 is 0. The fraction of sp³-hybridized carbons (Fsp3) is 0.269. The molecule has 2 aromatic carbocycles. The lowest BCUT2D eigenvalue weighted by molar-refractivity contribution is -0.126. The molecule has 166 valence electrons. The molecule has 1 aromatic heterocycles. The van der Waals surface area contributed by atoms with Crippen LogP contribution in [-0.4, -0.2) is 57.0 Å². The van der Waals surface area contributed by atoms with E-state index in [-0.39, 0.29) is 18.0 Å². The molecule has 0 radical (unpaired) electrons. The molecule has 3 aliphatic rings. The van der Waals surface area contributed by atoms with Crippen LogP contribution >= 0.6 is 0 Å². The van der Waals surface area contributed by atoms with E-state index in [1.807, 2.05) is 0 Å². The molecular formula is C26H25N5O2. The first-order chi connectivity index (χ1) is 16.1. The number of benzene rings is 2. The van der Waals surface area contributed by atoms with E-state index in [0.29, 0.717) is 39.3 Å². The van der Waals surface area contributed by atoms with Gasteiger partial charge < -0.3 is 14.9 Å². The van der Waals surface area contributed by atoms with E-state index in [1.165, 1.54) is 28.3 Å². The van der Waals surface area contributed by atoms with Crippen LogP contribution in [0.25, 0.3) is 11.1 Å². The van der Waals surface area contributed by atoms with Crippen molar-refractivity contribution < 1.29 is 9.90 Å². The highest BCUT2D eigenvalue weighted by atomic mass is 16.3. The normalized spacial score (nSPS) is 17.6. The van der Waals surface area contributed by atoms with Gasteiger partial charge in [-0.1, -0.05) is 55.1 Å². The summed E-state index contributed by atoms with van der Waals surface area (Å²) in [5.74, 6) is 0.737. The Bertz CT molecular complexity index is 1220. The molecule has 6 rings (SSSR count). The van der Waals surface area contributed by atoms with Crippen LogP contribution < -0.4 is 4.90 Å². The van der Waals surface area contributed by atoms with E-state index in [2.05, 4.69) is 74.9 Å². The van der Waals surface area contributed by atoms with Crippen molar-refractivity contribution in [3.05, 3.63) is 83.6 Å². The summed E-state index contributed by atoms with van der Waals surface area (Å²) in [4.78, 5) is 27.2. The van der Waals surface area contributed by atoms with E-state index in [4.69, 9.17) is 0 Å². The van der Waals surface area contributed by atoms with Gasteiger partial charge in [-0.25, -0.2) is 0 Å². The van der Waals surface area contributed by atoms with Crippen molar-refractivity contribution in [1.29, 1.82) is 0 Å². The maximum Gasteiger partial charge on any atom is 0.316 e. The van der Waals surface area contributed by atoms with Gasteiger partial charge in [-0.3, -0.25) is 9.69 Å². The van der Waals surface area contributed by atoms with Gasteiger partial charge in [-0.2, -0.15) is 9.97 Å². The molecule has 1 aliphatic carbocycles. The van der Waals surface area contributed by atoms with Crippen molar-refractivity contribution in [2.45, 2.75) is 19.1 Å². The third-order valence-corrected chi connectivity index (χ3v) is 7.00. The molecular weight excluding hydrogens is 414 g/mol. The fourth-order valence-corrected chi connectivity index (χ4v) is 5.48. The number of anilines is 1. The molecule has 0 bridgehead atoms. The first-order valence-electron chi connectivity index (χ1n) is 11.3. The first kappa shape index (κ1) is 19.9. The molecule has 3 aromatic rings. The second-order valence-corrected chi connectivity index (χ2v) is 8.77. The Morgan fingerprint density at radius 2 is 1.58 bits per heavy atom. The van der Waals surface area contributed by atoms with Crippen LogP contribution in [-0.2, 0) is 17.9 Å². The minimum atomic E-state index is -0.192. The lowest BCUT2D eigenvalue weighted by Crippen LogP contribution is -2.48. The molecule has 33 heavy (non-hydrogen) atoms. The van der Waals surface area contributed by atoms with Gasteiger partial charge in [0, 0.05) is 44.8 Å². The Hall–Kier alpha value is -3.71. The van der Waals surface area contributed by atoms with Gasteiger partial charge in [-0.15, -0.1) is 0 Å². The average molecular weight is 440 g/mol. The SMILES string of the molecule is C=CC(=O)N1CCN(c2nc(O)nc3c2CN(C2c4ccccc4-c4ccccc42)C3)CC1. The zero-order valence-corrected chi connectivity index (χ0v) is 18.3. The standard InChI is InChI=1S/C26H25N5O2/c1-2-23(32)29-11-13-30(14-12-29)25-21-15-31(16-22(21)27-26(33)28-25)24-19-9-5-3-7-17(19)18-8-4-6-10-20(18)24/h2-10,24H,1,11-16H2,(H,27,28,33). The van der Waals surface area contributed by atoms with Gasteiger partial charge in [0.1, 0.15) is 5.82 Å². The molecule has 1 saturated heterocycles. The Balaban J connectivity index is 1.32.